The molecule has 0 aliphatic rings. The SMILES string of the molecule is NC(CCCCNC(=O)CI)C(=O)O. The fourth-order valence-corrected chi connectivity index (χ4v) is 1.16. The van der Waals surface area contributed by atoms with Crippen LogP contribution in [0, 0.1) is 0 Å². The monoisotopic (exact) mass is 314 g/mol. The zero-order chi connectivity index (χ0) is 11.0. The van der Waals surface area contributed by atoms with Gasteiger partial charge in [-0.3, -0.25) is 9.59 Å². The summed E-state index contributed by atoms with van der Waals surface area (Å²) in [7, 11) is 0. The smallest absolute Gasteiger partial charge is 0.320 e. The maximum atomic E-state index is 10.8. The van der Waals surface area contributed by atoms with Crippen LogP contribution in [0.2, 0.25) is 0 Å². The number of nitrogens with two attached hydrogens (primary N) is 1. The summed E-state index contributed by atoms with van der Waals surface area (Å²) < 4.78 is 0.451. The number of carbonyl (C=O) groups excluding carboxylic acids is 1. The minimum absolute atomic E-state index is 0.00753. The molecule has 0 radical (unpaired) electrons. The van der Waals surface area contributed by atoms with E-state index in [4.69, 9.17) is 10.8 Å². The van der Waals surface area contributed by atoms with Gasteiger partial charge in [0.25, 0.3) is 0 Å². The number of amides is 1. The van der Waals surface area contributed by atoms with E-state index >= 15 is 0 Å². The fraction of sp³-hybridized carbons (Fsp3) is 0.750. The first-order chi connectivity index (χ1) is 6.57. The minimum atomic E-state index is -0.971. The lowest BCUT2D eigenvalue weighted by Gasteiger charge is -2.06. The van der Waals surface area contributed by atoms with Gasteiger partial charge in [-0.25, -0.2) is 0 Å². The van der Waals surface area contributed by atoms with Crippen LogP contribution in [0.15, 0.2) is 0 Å². The highest BCUT2D eigenvalue weighted by Crippen LogP contribution is 1.98. The molecule has 1 unspecified atom stereocenters. The predicted octanol–water partition coefficient (Wildman–Crippen LogP) is 0.120. The zero-order valence-electron chi connectivity index (χ0n) is 7.83. The highest BCUT2D eigenvalue weighted by Gasteiger charge is 2.09. The first-order valence-electron chi connectivity index (χ1n) is 4.39. The molecule has 0 heterocycles. The first-order valence-corrected chi connectivity index (χ1v) is 5.91. The topological polar surface area (TPSA) is 92.4 Å². The van der Waals surface area contributed by atoms with Gasteiger partial charge in [0.2, 0.25) is 5.91 Å². The zero-order valence-corrected chi connectivity index (χ0v) is 9.99. The van der Waals surface area contributed by atoms with Crippen LogP contribution in [0.1, 0.15) is 19.3 Å². The van der Waals surface area contributed by atoms with Gasteiger partial charge in [-0.05, 0) is 19.3 Å². The molecule has 0 aromatic carbocycles. The average molecular weight is 314 g/mol. The number of carboxylic acids is 1. The van der Waals surface area contributed by atoms with Gasteiger partial charge >= 0.3 is 5.97 Å². The Labute approximate surface area is 96.6 Å². The molecule has 0 aliphatic heterocycles. The normalized spacial score (nSPS) is 12.1. The lowest BCUT2D eigenvalue weighted by Crippen LogP contribution is -2.30. The maximum Gasteiger partial charge on any atom is 0.320 e. The molecule has 0 bridgehead atoms. The number of hydrogen-bond donors (Lipinski definition) is 3. The molecule has 0 rings (SSSR count). The van der Waals surface area contributed by atoms with Crippen LogP contribution in [0.25, 0.3) is 0 Å². The summed E-state index contributed by atoms with van der Waals surface area (Å²) >= 11 is 1.98. The highest BCUT2D eigenvalue weighted by atomic mass is 127. The molecular weight excluding hydrogens is 299 g/mol. The van der Waals surface area contributed by atoms with Crippen LogP contribution < -0.4 is 11.1 Å². The summed E-state index contributed by atoms with van der Waals surface area (Å²) in [6.45, 7) is 0.591. The number of carbonyl (C=O) groups is 2. The van der Waals surface area contributed by atoms with E-state index in [1.807, 2.05) is 22.6 Å². The number of halogens is 1. The maximum absolute atomic E-state index is 10.8. The van der Waals surface area contributed by atoms with Crippen molar-refractivity contribution in [2.24, 2.45) is 5.73 Å². The summed E-state index contributed by atoms with van der Waals surface area (Å²) in [5.41, 5.74) is 5.30. The van der Waals surface area contributed by atoms with Gasteiger partial charge in [0.15, 0.2) is 0 Å². The minimum Gasteiger partial charge on any atom is -0.480 e. The third kappa shape index (κ3) is 7.07. The van der Waals surface area contributed by atoms with E-state index in [2.05, 4.69) is 5.32 Å². The van der Waals surface area contributed by atoms with Crippen molar-refractivity contribution in [1.29, 1.82) is 0 Å². The van der Waals surface area contributed by atoms with Crippen LogP contribution in [0.4, 0.5) is 0 Å². The lowest BCUT2D eigenvalue weighted by atomic mass is 10.1. The van der Waals surface area contributed by atoms with Gasteiger partial charge in [0, 0.05) is 6.54 Å². The van der Waals surface area contributed by atoms with Gasteiger partial charge in [-0.1, -0.05) is 22.6 Å². The molecule has 5 nitrogen and oxygen atoms in total. The second-order valence-electron chi connectivity index (χ2n) is 2.92. The summed E-state index contributed by atoms with van der Waals surface area (Å²) in [6, 6.07) is -0.782. The first kappa shape index (κ1) is 13.6. The van der Waals surface area contributed by atoms with Crippen molar-refractivity contribution in [2.75, 3.05) is 11.0 Å². The average Bonchev–Trinajstić information content (AvgIpc) is 2.16. The van der Waals surface area contributed by atoms with Gasteiger partial charge in [-0.15, -0.1) is 0 Å². The van der Waals surface area contributed by atoms with Crippen molar-refractivity contribution < 1.29 is 14.7 Å². The summed E-state index contributed by atoms with van der Waals surface area (Å²) in [6.07, 6.45) is 1.94. The Morgan fingerprint density at radius 3 is 2.57 bits per heavy atom. The fourth-order valence-electron chi connectivity index (χ4n) is 0.888. The van der Waals surface area contributed by atoms with Gasteiger partial charge in [0.05, 0.1) is 4.43 Å². The Kier molecular flexibility index (Phi) is 7.77. The van der Waals surface area contributed by atoms with Crippen molar-refractivity contribution in [1.82, 2.24) is 5.32 Å². The molecule has 0 aromatic rings. The quantitative estimate of drug-likeness (QED) is 0.353. The predicted molar refractivity (Wildman–Crippen MR) is 61.4 cm³/mol. The van der Waals surface area contributed by atoms with Crippen LogP contribution in [-0.2, 0) is 9.59 Å². The Morgan fingerprint density at radius 2 is 2.07 bits per heavy atom. The molecular formula is C8H15IN2O3. The number of nitrogens with one attached hydrogen (secondary N) is 1. The molecule has 14 heavy (non-hydrogen) atoms. The molecule has 82 valence electrons. The molecule has 0 saturated heterocycles. The Hall–Kier alpha value is -0.370. The van der Waals surface area contributed by atoms with Gasteiger partial charge in [-0.2, -0.15) is 0 Å². The Bertz CT molecular complexity index is 199. The molecule has 0 aliphatic carbocycles. The number of hydrogen-bond acceptors (Lipinski definition) is 3. The number of aliphatic carboxylic acids is 1. The van der Waals surface area contributed by atoms with Crippen molar-refractivity contribution >= 4 is 34.5 Å². The van der Waals surface area contributed by atoms with Gasteiger partial charge in [0.1, 0.15) is 6.04 Å². The van der Waals surface area contributed by atoms with E-state index in [1.54, 1.807) is 0 Å². The second kappa shape index (κ2) is 7.98. The van der Waals surface area contributed by atoms with E-state index < -0.39 is 12.0 Å². The molecule has 0 saturated carbocycles. The Morgan fingerprint density at radius 1 is 1.43 bits per heavy atom. The highest BCUT2D eigenvalue weighted by molar-refractivity contribution is 14.1. The van der Waals surface area contributed by atoms with Crippen molar-refractivity contribution in [2.45, 2.75) is 25.3 Å². The third-order valence-electron chi connectivity index (χ3n) is 1.70. The van der Waals surface area contributed by atoms with Gasteiger partial charge < -0.3 is 16.2 Å². The third-order valence-corrected chi connectivity index (χ3v) is 2.40. The number of unbranched alkanes of at least 4 members (excludes halogenated alkanes) is 1. The second-order valence-corrected chi connectivity index (χ2v) is 3.69. The number of rotatable bonds is 7. The van der Waals surface area contributed by atoms with Crippen LogP contribution in [0.5, 0.6) is 0 Å². The molecule has 0 spiro atoms. The Balaban J connectivity index is 3.30. The number of alkyl halides is 1. The van der Waals surface area contributed by atoms with Crippen molar-refractivity contribution in [3.63, 3.8) is 0 Å². The molecule has 1 amide bonds. The van der Waals surface area contributed by atoms with E-state index in [0.29, 0.717) is 17.4 Å². The van der Waals surface area contributed by atoms with E-state index in [-0.39, 0.29) is 5.91 Å². The van der Waals surface area contributed by atoms with Crippen molar-refractivity contribution in [3.8, 4) is 0 Å². The van der Waals surface area contributed by atoms with Crippen LogP contribution in [-0.4, -0.2) is 34.0 Å². The van der Waals surface area contributed by atoms with E-state index in [1.165, 1.54) is 0 Å². The standard InChI is InChI=1S/C8H15IN2O3/c9-5-7(12)11-4-2-1-3-6(10)8(13)14/h6H,1-5,10H2,(H,11,12)(H,13,14). The lowest BCUT2D eigenvalue weighted by molar-refractivity contribution is -0.138. The van der Waals surface area contributed by atoms with Crippen molar-refractivity contribution in [3.05, 3.63) is 0 Å². The molecule has 4 N–H and O–H groups in total. The molecule has 1 atom stereocenters. The van der Waals surface area contributed by atoms with E-state index in [9.17, 15) is 9.59 Å². The molecule has 0 fully saturated rings. The summed E-state index contributed by atoms with van der Waals surface area (Å²) in [4.78, 5) is 21.1. The summed E-state index contributed by atoms with van der Waals surface area (Å²) in [5.74, 6) is -0.963. The molecule has 6 heteroatoms. The van der Waals surface area contributed by atoms with E-state index in [0.717, 1.165) is 12.8 Å². The number of carboxylic acid groups (broad SMARTS) is 1. The van der Waals surface area contributed by atoms with Crippen LogP contribution >= 0.6 is 22.6 Å². The molecule has 0 aromatic heterocycles. The largest absolute Gasteiger partial charge is 0.480 e. The summed E-state index contributed by atoms with van der Waals surface area (Å²) in [5, 5.41) is 11.2. The van der Waals surface area contributed by atoms with Crippen LogP contribution in [0.3, 0.4) is 0 Å².